The fourth-order valence-electron chi connectivity index (χ4n) is 1.19. The van der Waals surface area contributed by atoms with E-state index in [4.69, 9.17) is 10.5 Å². The number of nitrogens with one attached hydrogen (secondary N) is 1. The summed E-state index contributed by atoms with van der Waals surface area (Å²) in [6.07, 6.45) is 0.926. The number of nitrogens with two attached hydrogens (primary N) is 1. The third kappa shape index (κ3) is 4.65. The zero-order valence-electron chi connectivity index (χ0n) is 8.71. The van der Waals surface area contributed by atoms with Gasteiger partial charge in [0, 0.05) is 18.3 Å². The second-order valence-corrected chi connectivity index (χ2v) is 3.13. The Morgan fingerprint density at radius 2 is 2.27 bits per heavy atom. The van der Waals surface area contributed by atoms with Crippen LogP contribution < -0.4 is 15.8 Å². The molecule has 0 fully saturated rings. The van der Waals surface area contributed by atoms with Crippen LogP contribution in [0.15, 0.2) is 24.3 Å². The molecule has 0 saturated carbocycles. The lowest BCUT2D eigenvalue weighted by molar-refractivity contribution is 0.273. The predicted molar refractivity (Wildman–Crippen MR) is 60.1 cm³/mol. The lowest BCUT2D eigenvalue weighted by atomic mass is 10.3. The molecule has 1 rings (SSSR count). The Labute approximate surface area is 89.4 Å². The number of ether oxygens (including phenoxy) is 1. The van der Waals surface area contributed by atoms with Crippen LogP contribution in [0.3, 0.4) is 0 Å². The van der Waals surface area contributed by atoms with Crippen LogP contribution in [-0.4, -0.2) is 26.4 Å². The summed E-state index contributed by atoms with van der Waals surface area (Å²) in [4.78, 5) is 0. The molecule has 0 spiro atoms. The molecule has 0 aliphatic heterocycles. The maximum atomic E-state index is 11.9. The SMILES string of the molecule is NCCCNc1cccc(OCCF)c1. The number of rotatable bonds is 7. The van der Waals surface area contributed by atoms with E-state index in [9.17, 15) is 4.39 Å². The van der Waals surface area contributed by atoms with Gasteiger partial charge in [0.25, 0.3) is 0 Å². The normalized spacial score (nSPS) is 10.0. The first-order valence-corrected chi connectivity index (χ1v) is 5.09. The lowest BCUT2D eigenvalue weighted by Crippen LogP contribution is -2.08. The van der Waals surface area contributed by atoms with Crippen molar-refractivity contribution in [1.29, 1.82) is 0 Å². The summed E-state index contributed by atoms with van der Waals surface area (Å²) in [6, 6.07) is 7.48. The lowest BCUT2D eigenvalue weighted by Gasteiger charge is -2.08. The van der Waals surface area contributed by atoms with Crippen molar-refractivity contribution in [1.82, 2.24) is 0 Å². The number of alkyl halides is 1. The van der Waals surface area contributed by atoms with Gasteiger partial charge in [0.05, 0.1) is 0 Å². The van der Waals surface area contributed by atoms with Crippen LogP contribution in [0.25, 0.3) is 0 Å². The Hall–Kier alpha value is -1.29. The van der Waals surface area contributed by atoms with Crippen LogP contribution in [0.2, 0.25) is 0 Å². The summed E-state index contributed by atoms with van der Waals surface area (Å²) in [6.45, 7) is 1.14. The van der Waals surface area contributed by atoms with Crippen molar-refractivity contribution in [2.75, 3.05) is 31.7 Å². The summed E-state index contributed by atoms with van der Waals surface area (Å²) in [5, 5.41) is 3.21. The second-order valence-electron chi connectivity index (χ2n) is 3.13. The van der Waals surface area contributed by atoms with E-state index in [1.54, 1.807) is 0 Å². The van der Waals surface area contributed by atoms with Gasteiger partial charge >= 0.3 is 0 Å². The van der Waals surface area contributed by atoms with E-state index < -0.39 is 6.67 Å². The Bertz CT molecular complexity index is 281. The largest absolute Gasteiger partial charge is 0.491 e. The van der Waals surface area contributed by atoms with Crippen molar-refractivity contribution in [3.8, 4) is 5.75 Å². The number of hydrogen-bond donors (Lipinski definition) is 2. The fraction of sp³-hybridized carbons (Fsp3) is 0.455. The van der Waals surface area contributed by atoms with Gasteiger partial charge in [0.15, 0.2) is 0 Å². The molecule has 15 heavy (non-hydrogen) atoms. The molecule has 0 aliphatic rings. The number of benzene rings is 1. The maximum Gasteiger partial charge on any atom is 0.123 e. The van der Waals surface area contributed by atoms with Crippen LogP contribution in [0, 0.1) is 0 Å². The molecule has 0 bridgehead atoms. The molecule has 0 radical (unpaired) electrons. The van der Waals surface area contributed by atoms with Crippen molar-refractivity contribution in [3.05, 3.63) is 24.3 Å². The van der Waals surface area contributed by atoms with Gasteiger partial charge in [0.1, 0.15) is 19.0 Å². The zero-order valence-corrected chi connectivity index (χ0v) is 8.71. The summed E-state index contributed by atoms with van der Waals surface area (Å²) in [5.41, 5.74) is 6.35. The first-order valence-electron chi connectivity index (χ1n) is 5.09. The highest BCUT2D eigenvalue weighted by molar-refractivity contribution is 5.48. The quantitative estimate of drug-likeness (QED) is 0.677. The van der Waals surface area contributed by atoms with E-state index >= 15 is 0 Å². The van der Waals surface area contributed by atoms with E-state index in [0.29, 0.717) is 12.3 Å². The Kier molecular flexibility index (Phi) is 5.55. The number of halogens is 1. The zero-order chi connectivity index (χ0) is 10.9. The molecule has 0 heterocycles. The van der Waals surface area contributed by atoms with Gasteiger partial charge in [-0.15, -0.1) is 0 Å². The molecule has 3 nitrogen and oxygen atoms in total. The first-order chi connectivity index (χ1) is 7.36. The van der Waals surface area contributed by atoms with Gasteiger partial charge in [-0.2, -0.15) is 0 Å². The molecule has 1 aromatic rings. The second kappa shape index (κ2) is 7.06. The topological polar surface area (TPSA) is 47.3 Å². The molecule has 0 aromatic heterocycles. The molecule has 3 N–H and O–H groups in total. The first kappa shape index (κ1) is 11.8. The van der Waals surface area contributed by atoms with E-state index in [-0.39, 0.29) is 6.61 Å². The average molecular weight is 212 g/mol. The molecule has 84 valence electrons. The van der Waals surface area contributed by atoms with Crippen molar-refractivity contribution < 1.29 is 9.13 Å². The highest BCUT2D eigenvalue weighted by Gasteiger charge is 1.95. The van der Waals surface area contributed by atoms with Gasteiger partial charge in [-0.05, 0) is 25.1 Å². The Morgan fingerprint density at radius 3 is 3.00 bits per heavy atom. The van der Waals surface area contributed by atoms with E-state index in [2.05, 4.69) is 5.32 Å². The van der Waals surface area contributed by atoms with Crippen LogP contribution in [-0.2, 0) is 0 Å². The maximum absolute atomic E-state index is 11.9. The van der Waals surface area contributed by atoms with Crippen molar-refractivity contribution in [2.45, 2.75) is 6.42 Å². The van der Waals surface area contributed by atoms with Gasteiger partial charge in [-0.25, -0.2) is 4.39 Å². The third-order valence-electron chi connectivity index (χ3n) is 1.89. The number of hydrogen-bond acceptors (Lipinski definition) is 3. The molecule has 0 saturated heterocycles. The molecule has 0 aliphatic carbocycles. The average Bonchev–Trinajstić information content (AvgIpc) is 2.27. The summed E-state index contributed by atoms with van der Waals surface area (Å²) < 4.78 is 17.0. The summed E-state index contributed by atoms with van der Waals surface area (Å²) in [5.74, 6) is 0.686. The van der Waals surface area contributed by atoms with Crippen molar-refractivity contribution in [3.63, 3.8) is 0 Å². The Morgan fingerprint density at radius 1 is 1.40 bits per heavy atom. The summed E-state index contributed by atoms with van der Waals surface area (Å²) in [7, 11) is 0. The van der Waals surface area contributed by atoms with Crippen LogP contribution in [0.5, 0.6) is 5.75 Å². The van der Waals surface area contributed by atoms with E-state index in [1.165, 1.54) is 0 Å². The van der Waals surface area contributed by atoms with Crippen molar-refractivity contribution in [2.24, 2.45) is 5.73 Å². The Balaban J connectivity index is 2.42. The molecule has 0 atom stereocenters. The molecule has 0 amide bonds. The standard InChI is InChI=1S/C11H17FN2O/c12-5-8-15-11-4-1-3-10(9-11)14-7-2-6-13/h1,3-4,9,14H,2,5-8,13H2. The molecular weight excluding hydrogens is 195 g/mol. The highest BCUT2D eigenvalue weighted by Crippen LogP contribution is 2.17. The highest BCUT2D eigenvalue weighted by atomic mass is 19.1. The minimum atomic E-state index is -0.467. The van der Waals surface area contributed by atoms with Crippen LogP contribution in [0.4, 0.5) is 10.1 Å². The van der Waals surface area contributed by atoms with Gasteiger partial charge in [0.2, 0.25) is 0 Å². The third-order valence-corrected chi connectivity index (χ3v) is 1.89. The van der Waals surface area contributed by atoms with Crippen molar-refractivity contribution >= 4 is 5.69 Å². The smallest absolute Gasteiger partial charge is 0.123 e. The monoisotopic (exact) mass is 212 g/mol. The molecule has 0 unspecified atom stereocenters. The van der Waals surface area contributed by atoms with E-state index in [0.717, 1.165) is 18.7 Å². The van der Waals surface area contributed by atoms with Crippen LogP contribution >= 0.6 is 0 Å². The van der Waals surface area contributed by atoms with Crippen LogP contribution in [0.1, 0.15) is 6.42 Å². The minimum absolute atomic E-state index is 0.103. The van der Waals surface area contributed by atoms with Gasteiger partial charge in [-0.3, -0.25) is 0 Å². The number of anilines is 1. The van der Waals surface area contributed by atoms with Gasteiger partial charge < -0.3 is 15.8 Å². The minimum Gasteiger partial charge on any atom is -0.491 e. The summed E-state index contributed by atoms with van der Waals surface area (Å²) >= 11 is 0. The van der Waals surface area contributed by atoms with Gasteiger partial charge in [-0.1, -0.05) is 6.07 Å². The fourth-order valence-corrected chi connectivity index (χ4v) is 1.19. The molecule has 1 aromatic carbocycles. The van der Waals surface area contributed by atoms with E-state index in [1.807, 2.05) is 24.3 Å². The molecular formula is C11H17FN2O. The molecule has 4 heteroatoms. The predicted octanol–water partition coefficient (Wildman–Crippen LogP) is 1.80.